The summed E-state index contributed by atoms with van der Waals surface area (Å²) in [6.07, 6.45) is 0. The summed E-state index contributed by atoms with van der Waals surface area (Å²) in [4.78, 5) is 19.7. The molecule has 0 fully saturated rings. The minimum absolute atomic E-state index is 0.0914. The lowest BCUT2D eigenvalue weighted by atomic mass is 10.1. The Morgan fingerprint density at radius 3 is 2.62 bits per heavy atom. The number of carbonyl (C=O) groups is 1. The summed E-state index contributed by atoms with van der Waals surface area (Å²) in [5.41, 5.74) is 5.88. The quantitative estimate of drug-likeness (QED) is 0.563. The van der Waals surface area contributed by atoms with Crippen molar-refractivity contribution in [1.29, 1.82) is 0 Å². The number of anilines is 2. The fraction of sp³-hybridized carbons (Fsp3) is 0.167. The number of hydrogen-bond donors (Lipinski definition) is 1. The lowest BCUT2D eigenvalue weighted by molar-refractivity contribution is 0.102. The first-order chi connectivity index (χ1) is 14.2. The van der Waals surface area contributed by atoms with Crippen LogP contribution in [0, 0.1) is 6.92 Å². The summed E-state index contributed by atoms with van der Waals surface area (Å²) in [6, 6.07) is 23.8. The Morgan fingerprint density at radius 1 is 0.966 bits per heavy atom. The highest BCUT2D eigenvalue weighted by Gasteiger charge is 2.21. The fourth-order valence-electron chi connectivity index (χ4n) is 3.91. The van der Waals surface area contributed by atoms with E-state index in [4.69, 9.17) is 4.98 Å². The van der Waals surface area contributed by atoms with Crippen LogP contribution in [0.15, 0.2) is 72.8 Å². The van der Waals surface area contributed by atoms with E-state index in [1.54, 1.807) is 0 Å². The number of aromatic nitrogens is 2. The van der Waals surface area contributed by atoms with E-state index >= 15 is 0 Å². The standard InChI is InChI=1S/C24H22N4O/c1-17-11-12-19(15-21(17)26-24(29)18-7-3-2-4-8-18)27-13-14-28-22-10-6-5-9-20(22)25-23(28)16-27/h2-12,15H,13-14,16H2,1H3,(H,26,29). The molecule has 0 saturated carbocycles. The molecule has 0 aliphatic carbocycles. The number of aryl methyl sites for hydroxylation is 1. The van der Waals surface area contributed by atoms with E-state index in [2.05, 4.69) is 51.2 Å². The maximum atomic E-state index is 12.6. The molecule has 5 rings (SSSR count). The zero-order chi connectivity index (χ0) is 19.8. The Morgan fingerprint density at radius 2 is 1.76 bits per heavy atom. The molecule has 0 bridgehead atoms. The third-order valence-corrected chi connectivity index (χ3v) is 5.53. The Labute approximate surface area is 169 Å². The molecule has 0 atom stereocenters. The molecule has 144 valence electrons. The first kappa shape index (κ1) is 17.5. The van der Waals surface area contributed by atoms with Gasteiger partial charge in [0.2, 0.25) is 0 Å². The van der Waals surface area contributed by atoms with Crippen LogP contribution in [0.2, 0.25) is 0 Å². The van der Waals surface area contributed by atoms with E-state index in [0.29, 0.717) is 5.56 Å². The van der Waals surface area contributed by atoms with Crippen LogP contribution in [0.3, 0.4) is 0 Å². The number of para-hydroxylation sites is 2. The van der Waals surface area contributed by atoms with Crippen LogP contribution >= 0.6 is 0 Å². The molecule has 0 saturated heterocycles. The number of hydrogen-bond acceptors (Lipinski definition) is 3. The normalized spacial score (nSPS) is 13.3. The summed E-state index contributed by atoms with van der Waals surface area (Å²) in [6.45, 7) is 4.57. The van der Waals surface area contributed by atoms with Crippen molar-refractivity contribution >= 4 is 28.3 Å². The van der Waals surface area contributed by atoms with E-state index in [9.17, 15) is 4.79 Å². The van der Waals surface area contributed by atoms with Crippen LogP contribution in [0.1, 0.15) is 21.7 Å². The second-order valence-corrected chi connectivity index (χ2v) is 7.41. The maximum absolute atomic E-state index is 12.6. The first-order valence-corrected chi connectivity index (χ1v) is 9.85. The Bertz CT molecular complexity index is 1200. The molecule has 1 N–H and O–H groups in total. The summed E-state index contributed by atoms with van der Waals surface area (Å²) < 4.78 is 2.30. The molecular formula is C24H22N4O. The molecule has 1 amide bonds. The van der Waals surface area contributed by atoms with Crippen molar-refractivity contribution in [2.24, 2.45) is 0 Å². The van der Waals surface area contributed by atoms with Gasteiger partial charge in [0.1, 0.15) is 5.82 Å². The van der Waals surface area contributed by atoms with E-state index in [1.807, 2.05) is 43.3 Å². The molecule has 5 nitrogen and oxygen atoms in total. The zero-order valence-electron chi connectivity index (χ0n) is 16.3. The number of nitrogens with one attached hydrogen (secondary N) is 1. The molecule has 0 unspecified atom stereocenters. The van der Waals surface area contributed by atoms with Gasteiger partial charge in [0.15, 0.2) is 0 Å². The van der Waals surface area contributed by atoms with Gasteiger partial charge in [-0.15, -0.1) is 0 Å². The molecule has 1 aliphatic rings. The number of rotatable bonds is 3. The monoisotopic (exact) mass is 382 g/mol. The van der Waals surface area contributed by atoms with Crippen LogP contribution in [0.5, 0.6) is 0 Å². The SMILES string of the molecule is Cc1ccc(N2CCn3c(nc4ccccc43)C2)cc1NC(=O)c1ccccc1. The van der Waals surface area contributed by atoms with Gasteiger partial charge in [-0.05, 0) is 48.9 Å². The minimum Gasteiger partial charge on any atom is -0.362 e. The molecule has 3 aromatic carbocycles. The maximum Gasteiger partial charge on any atom is 0.255 e. The van der Waals surface area contributed by atoms with E-state index in [1.165, 1.54) is 5.52 Å². The van der Waals surface area contributed by atoms with Gasteiger partial charge in [-0.2, -0.15) is 0 Å². The molecule has 0 spiro atoms. The number of nitrogens with zero attached hydrogens (tertiary/aromatic N) is 3. The number of carbonyl (C=O) groups excluding carboxylic acids is 1. The molecule has 5 heteroatoms. The van der Waals surface area contributed by atoms with Gasteiger partial charge in [-0.3, -0.25) is 4.79 Å². The van der Waals surface area contributed by atoms with Crippen molar-refractivity contribution in [2.75, 3.05) is 16.8 Å². The van der Waals surface area contributed by atoms with Gasteiger partial charge in [-0.1, -0.05) is 36.4 Å². The number of fused-ring (bicyclic) bond motifs is 3. The highest BCUT2D eigenvalue weighted by molar-refractivity contribution is 6.04. The fourth-order valence-corrected chi connectivity index (χ4v) is 3.91. The zero-order valence-corrected chi connectivity index (χ0v) is 16.3. The number of imidazole rings is 1. The second kappa shape index (κ2) is 7.09. The third-order valence-electron chi connectivity index (χ3n) is 5.53. The smallest absolute Gasteiger partial charge is 0.255 e. The van der Waals surface area contributed by atoms with Crippen molar-refractivity contribution in [3.05, 3.63) is 89.7 Å². The van der Waals surface area contributed by atoms with Crippen molar-refractivity contribution in [3.63, 3.8) is 0 Å². The summed E-state index contributed by atoms with van der Waals surface area (Å²) in [7, 11) is 0. The van der Waals surface area contributed by atoms with E-state index in [0.717, 1.165) is 47.9 Å². The molecule has 29 heavy (non-hydrogen) atoms. The van der Waals surface area contributed by atoms with E-state index in [-0.39, 0.29) is 5.91 Å². The Hall–Kier alpha value is -3.60. The van der Waals surface area contributed by atoms with Crippen LogP contribution in [0.25, 0.3) is 11.0 Å². The molecule has 1 aromatic heterocycles. The largest absolute Gasteiger partial charge is 0.362 e. The van der Waals surface area contributed by atoms with Crippen LogP contribution in [0.4, 0.5) is 11.4 Å². The molecule has 4 aromatic rings. The number of benzene rings is 3. The topological polar surface area (TPSA) is 50.2 Å². The van der Waals surface area contributed by atoms with E-state index < -0.39 is 0 Å². The summed E-state index contributed by atoms with van der Waals surface area (Å²) >= 11 is 0. The van der Waals surface area contributed by atoms with Crippen LogP contribution < -0.4 is 10.2 Å². The van der Waals surface area contributed by atoms with Crippen molar-refractivity contribution in [1.82, 2.24) is 9.55 Å². The number of amides is 1. The van der Waals surface area contributed by atoms with Gasteiger partial charge >= 0.3 is 0 Å². The van der Waals surface area contributed by atoms with Crippen molar-refractivity contribution in [2.45, 2.75) is 20.0 Å². The van der Waals surface area contributed by atoms with Crippen LogP contribution in [-0.2, 0) is 13.1 Å². The molecule has 1 aliphatic heterocycles. The summed E-state index contributed by atoms with van der Waals surface area (Å²) in [5.74, 6) is 0.985. The predicted octanol–water partition coefficient (Wildman–Crippen LogP) is 4.62. The van der Waals surface area contributed by atoms with Gasteiger partial charge in [0, 0.05) is 30.0 Å². The highest BCUT2D eigenvalue weighted by Crippen LogP contribution is 2.28. The van der Waals surface area contributed by atoms with Gasteiger partial charge in [0.25, 0.3) is 5.91 Å². The molecular weight excluding hydrogens is 360 g/mol. The van der Waals surface area contributed by atoms with Crippen LogP contribution in [-0.4, -0.2) is 22.0 Å². The first-order valence-electron chi connectivity index (χ1n) is 9.85. The Kier molecular flexibility index (Phi) is 4.28. The predicted molar refractivity (Wildman–Crippen MR) is 116 cm³/mol. The lowest BCUT2D eigenvalue weighted by Crippen LogP contribution is -2.33. The second-order valence-electron chi connectivity index (χ2n) is 7.41. The van der Waals surface area contributed by atoms with Gasteiger partial charge in [0.05, 0.1) is 17.6 Å². The lowest BCUT2D eigenvalue weighted by Gasteiger charge is -2.30. The summed E-state index contributed by atoms with van der Waals surface area (Å²) in [5, 5.41) is 3.06. The third kappa shape index (κ3) is 3.25. The molecule has 0 radical (unpaired) electrons. The average molecular weight is 382 g/mol. The average Bonchev–Trinajstić information content (AvgIpc) is 3.13. The Balaban J connectivity index is 1.41. The minimum atomic E-state index is -0.0914. The van der Waals surface area contributed by atoms with Crippen molar-refractivity contribution < 1.29 is 4.79 Å². The molecule has 2 heterocycles. The highest BCUT2D eigenvalue weighted by atomic mass is 16.1. The van der Waals surface area contributed by atoms with Crippen molar-refractivity contribution in [3.8, 4) is 0 Å². The van der Waals surface area contributed by atoms with Gasteiger partial charge < -0.3 is 14.8 Å². The van der Waals surface area contributed by atoms with Gasteiger partial charge in [-0.25, -0.2) is 4.98 Å².